The lowest BCUT2D eigenvalue weighted by molar-refractivity contribution is -0.177. The fourth-order valence-corrected chi connectivity index (χ4v) is 2.98. The summed E-state index contributed by atoms with van der Waals surface area (Å²) in [5.41, 5.74) is 2.03. The third-order valence-corrected chi connectivity index (χ3v) is 4.04. The summed E-state index contributed by atoms with van der Waals surface area (Å²) >= 11 is 0. The summed E-state index contributed by atoms with van der Waals surface area (Å²) < 4.78 is 11.5. The van der Waals surface area contributed by atoms with Crippen LogP contribution < -0.4 is 5.32 Å². The molecule has 3 rings (SSSR count). The Labute approximate surface area is 113 Å². The van der Waals surface area contributed by atoms with Gasteiger partial charge in [-0.15, -0.1) is 0 Å². The van der Waals surface area contributed by atoms with E-state index in [-0.39, 0.29) is 12.4 Å². The van der Waals surface area contributed by atoms with Crippen molar-refractivity contribution in [3.63, 3.8) is 0 Å². The summed E-state index contributed by atoms with van der Waals surface area (Å²) in [5.74, 6) is -0.287. The van der Waals surface area contributed by atoms with E-state index >= 15 is 0 Å². The number of nitrogens with one attached hydrogen (secondary N) is 1. The van der Waals surface area contributed by atoms with E-state index in [1.807, 2.05) is 24.3 Å². The minimum Gasteiger partial charge on any atom is -0.392 e. The summed E-state index contributed by atoms with van der Waals surface area (Å²) in [6.45, 7) is 1.55. The second-order valence-corrected chi connectivity index (χ2v) is 5.38. The lowest BCUT2D eigenvalue weighted by atomic mass is 9.90. The van der Waals surface area contributed by atoms with Gasteiger partial charge in [0.05, 0.1) is 19.8 Å². The molecule has 0 unspecified atom stereocenters. The third-order valence-electron chi connectivity index (χ3n) is 4.04. The summed E-state index contributed by atoms with van der Waals surface area (Å²) in [5, 5.41) is 12.7. The SMILES string of the molecule is OCc1cccc(NC2CCC3(CC2)OCCO3)c1. The fourth-order valence-electron chi connectivity index (χ4n) is 2.98. The van der Waals surface area contributed by atoms with E-state index in [0.717, 1.165) is 50.1 Å². The predicted molar refractivity (Wildman–Crippen MR) is 72.9 cm³/mol. The van der Waals surface area contributed by atoms with Crippen molar-refractivity contribution in [1.82, 2.24) is 0 Å². The van der Waals surface area contributed by atoms with Crippen LogP contribution in [0.3, 0.4) is 0 Å². The average molecular weight is 263 g/mol. The van der Waals surface area contributed by atoms with Crippen molar-refractivity contribution < 1.29 is 14.6 Å². The number of aliphatic hydroxyl groups is 1. The van der Waals surface area contributed by atoms with Gasteiger partial charge < -0.3 is 19.9 Å². The highest BCUT2D eigenvalue weighted by molar-refractivity contribution is 5.46. The molecule has 1 aliphatic heterocycles. The number of anilines is 1. The Morgan fingerprint density at radius 1 is 1.21 bits per heavy atom. The maximum atomic E-state index is 9.15. The van der Waals surface area contributed by atoms with E-state index in [9.17, 15) is 0 Å². The first-order valence-corrected chi connectivity index (χ1v) is 7.04. The predicted octanol–water partition coefficient (Wildman–Crippen LogP) is 2.28. The van der Waals surface area contributed by atoms with Crippen molar-refractivity contribution in [2.45, 2.75) is 44.1 Å². The zero-order valence-electron chi connectivity index (χ0n) is 11.1. The molecule has 104 valence electrons. The molecule has 2 aliphatic rings. The van der Waals surface area contributed by atoms with Crippen LogP contribution in [0.15, 0.2) is 24.3 Å². The molecule has 0 bridgehead atoms. The van der Waals surface area contributed by atoms with Crippen LogP contribution in [-0.4, -0.2) is 30.1 Å². The summed E-state index contributed by atoms with van der Waals surface area (Å²) in [4.78, 5) is 0. The van der Waals surface area contributed by atoms with Gasteiger partial charge >= 0.3 is 0 Å². The smallest absolute Gasteiger partial charge is 0.168 e. The van der Waals surface area contributed by atoms with Gasteiger partial charge in [-0.1, -0.05) is 12.1 Å². The summed E-state index contributed by atoms with van der Waals surface area (Å²) in [6.07, 6.45) is 4.04. The first-order chi connectivity index (χ1) is 9.30. The normalized spacial score (nSPS) is 22.8. The Morgan fingerprint density at radius 2 is 1.95 bits per heavy atom. The topological polar surface area (TPSA) is 50.7 Å². The molecule has 0 atom stereocenters. The van der Waals surface area contributed by atoms with E-state index in [1.54, 1.807) is 0 Å². The van der Waals surface area contributed by atoms with Crippen molar-refractivity contribution in [1.29, 1.82) is 0 Å². The van der Waals surface area contributed by atoms with Crippen molar-refractivity contribution in [2.24, 2.45) is 0 Å². The standard InChI is InChI=1S/C15H21NO3/c17-11-12-2-1-3-14(10-12)16-13-4-6-15(7-5-13)18-8-9-19-15/h1-3,10,13,16-17H,4-9,11H2. The molecule has 1 aromatic rings. The Bertz CT molecular complexity index is 419. The highest BCUT2D eigenvalue weighted by Gasteiger charge is 2.40. The van der Waals surface area contributed by atoms with Gasteiger partial charge in [0, 0.05) is 24.6 Å². The maximum Gasteiger partial charge on any atom is 0.168 e. The van der Waals surface area contributed by atoms with Gasteiger partial charge in [0.25, 0.3) is 0 Å². The fraction of sp³-hybridized carbons (Fsp3) is 0.600. The minimum absolute atomic E-state index is 0.0883. The van der Waals surface area contributed by atoms with Crippen LogP contribution in [0.5, 0.6) is 0 Å². The van der Waals surface area contributed by atoms with Crippen LogP contribution in [-0.2, 0) is 16.1 Å². The van der Waals surface area contributed by atoms with E-state index in [4.69, 9.17) is 14.6 Å². The van der Waals surface area contributed by atoms with Gasteiger partial charge in [0.2, 0.25) is 0 Å². The van der Waals surface area contributed by atoms with Crippen LogP contribution >= 0.6 is 0 Å². The second-order valence-electron chi connectivity index (χ2n) is 5.38. The number of hydrogen-bond donors (Lipinski definition) is 2. The minimum atomic E-state index is -0.287. The first kappa shape index (κ1) is 12.9. The number of hydrogen-bond acceptors (Lipinski definition) is 4. The van der Waals surface area contributed by atoms with Crippen LogP contribution in [0.25, 0.3) is 0 Å². The number of benzene rings is 1. The molecule has 1 aromatic carbocycles. The second kappa shape index (κ2) is 5.49. The molecule has 0 amide bonds. The summed E-state index contributed by atoms with van der Waals surface area (Å²) in [7, 11) is 0. The van der Waals surface area contributed by atoms with Crippen molar-refractivity contribution in [3.05, 3.63) is 29.8 Å². The third kappa shape index (κ3) is 2.91. The van der Waals surface area contributed by atoms with Gasteiger partial charge in [-0.3, -0.25) is 0 Å². The van der Waals surface area contributed by atoms with Gasteiger partial charge in [-0.25, -0.2) is 0 Å². The van der Waals surface area contributed by atoms with Gasteiger partial charge in [-0.05, 0) is 30.5 Å². The van der Waals surface area contributed by atoms with E-state index < -0.39 is 0 Å². The molecule has 2 N–H and O–H groups in total. The van der Waals surface area contributed by atoms with E-state index in [0.29, 0.717) is 6.04 Å². The summed E-state index contributed by atoms with van der Waals surface area (Å²) in [6, 6.07) is 8.43. The molecule has 4 heteroatoms. The first-order valence-electron chi connectivity index (χ1n) is 7.04. The molecule has 1 saturated carbocycles. The highest BCUT2D eigenvalue weighted by Crippen LogP contribution is 2.36. The molecular formula is C15H21NO3. The Kier molecular flexibility index (Phi) is 3.73. The Morgan fingerprint density at radius 3 is 2.63 bits per heavy atom. The molecule has 4 nitrogen and oxygen atoms in total. The molecule has 1 aliphatic carbocycles. The van der Waals surface area contributed by atoms with E-state index in [1.165, 1.54) is 0 Å². The molecule has 2 fully saturated rings. The molecule has 1 heterocycles. The molecular weight excluding hydrogens is 242 g/mol. The number of ether oxygens (including phenoxy) is 2. The van der Waals surface area contributed by atoms with Crippen LogP contribution in [0.1, 0.15) is 31.2 Å². The largest absolute Gasteiger partial charge is 0.392 e. The monoisotopic (exact) mass is 263 g/mol. The lowest BCUT2D eigenvalue weighted by Crippen LogP contribution is -2.39. The molecule has 19 heavy (non-hydrogen) atoms. The van der Waals surface area contributed by atoms with Gasteiger partial charge in [-0.2, -0.15) is 0 Å². The molecule has 0 aromatic heterocycles. The Balaban J connectivity index is 1.56. The van der Waals surface area contributed by atoms with Gasteiger partial charge in [0.15, 0.2) is 5.79 Å². The van der Waals surface area contributed by atoms with Crippen LogP contribution in [0.4, 0.5) is 5.69 Å². The molecule has 1 spiro atoms. The van der Waals surface area contributed by atoms with E-state index in [2.05, 4.69) is 5.32 Å². The van der Waals surface area contributed by atoms with Crippen molar-refractivity contribution in [3.8, 4) is 0 Å². The average Bonchev–Trinajstić information content (AvgIpc) is 2.90. The van der Waals surface area contributed by atoms with Crippen molar-refractivity contribution >= 4 is 5.69 Å². The van der Waals surface area contributed by atoms with Crippen LogP contribution in [0, 0.1) is 0 Å². The quantitative estimate of drug-likeness (QED) is 0.878. The lowest BCUT2D eigenvalue weighted by Gasteiger charge is -2.36. The molecule has 1 saturated heterocycles. The zero-order chi connectivity index (χ0) is 13.1. The maximum absolute atomic E-state index is 9.15. The number of rotatable bonds is 3. The number of aliphatic hydroxyl groups excluding tert-OH is 1. The molecule has 0 radical (unpaired) electrons. The van der Waals surface area contributed by atoms with Gasteiger partial charge in [0.1, 0.15) is 0 Å². The Hall–Kier alpha value is -1.10. The van der Waals surface area contributed by atoms with Crippen molar-refractivity contribution in [2.75, 3.05) is 18.5 Å². The zero-order valence-corrected chi connectivity index (χ0v) is 11.1. The van der Waals surface area contributed by atoms with Crippen LogP contribution in [0.2, 0.25) is 0 Å². The highest BCUT2D eigenvalue weighted by atomic mass is 16.7.